The zero-order valence-electron chi connectivity index (χ0n) is 14.0. The predicted octanol–water partition coefficient (Wildman–Crippen LogP) is -0.588. The third-order valence-electron chi connectivity index (χ3n) is 3.96. The number of amides is 3. The maximum absolute atomic E-state index is 11.9. The van der Waals surface area contributed by atoms with Gasteiger partial charge in [0.1, 0.15) is 5.75 Å². The van der Waals surface area contributed by atoms with Gasteiger partial charge in [-0.1, -0.05) is 12.1 Å². The van der Waals surface area contributed by atoms with E-state index in [0.717, 1.165) is 37.6 Å². The van der Waals surface area contributed by atoms with Crippen LogP contribution in [0.3, 0.4) is 0 Å². The Bertz CT molecular complexity index is 583. The van der Waals surface area contributed by atoms with Crippen molar-refractivity contribution in [3.8, 4) is 5.75 Å². The molecule has 1 aliphatic heterocycles. The summed E-state index contributed by atoms with van der Waals surface area (Å²) >= 11 is 0. The van der Waals surface area contributed by atoms with Gasteiger partial charge in [-0.25, -0.2) is 4.79 Å². The molecule has 0 atom stereocenters. The Labute approximate surface area is 142 Å². The Balaban J connectivity index is 1.77. The lowest BCUT2D eigenvalue weighted by Crippen LogP contribution is -3.16. The molecule has 0 bridgehead atoms. The summed E-state index contributed by atoms with van der Waals surface area (Å²) in [5, 5.41) is 4.85. The van der Waals surface area contributed by atoms with E-state index in [0.29, 0.717) is 13.1 Å². The average Bonchev–Trinajstić information content (AvgIpc) is 2.60. The lowest BCUT2D eigenvalue weighted by Gasteiger charge is -2.33. The van der Waals surface area contributed by atoms with Gasteiger partial charge >= 0.3 is 6.03 Å². The van der Waals surface area contributed by atoms with E-state index in [9.17, 15) is 9.59 Å². The van der Waals surface area contributed by atoms with Crippen LogP contribution in [0.5, 0.6) is 5.75 Å². The van der Waals surface area contributed by atoms with E-state index in [1.54, 1.807) is 13.2 Å². The fraction of sp³-hybridized carbons (Fsp3) is 0.412. The molecule has 1 aromatic rings. The Morgan fingerprint density at radius 2 is 2.12 bits per heavy atom. The summed E-state index contributed by atoms with van der Waals surface area (Å²) in [6, 6.07) is 7.50. The molecule has 7 nitrogen and oxygen atoms in total. The highest BCUT2D eigenvalue weighted by Crippen LogP contribution is 2.20. The van der Waals surface area contributed by atoms with E-state index >= 15 is 0 Å². The quantitative estimate of drug-likeness (QED) is 0.609. The van der Waals surface area contributed by atoms with Crippen molar-refractivity contribution in [1.29, 1.82) is 0 Å². The molecule has 1 saturated heterocycles. The molecule has 7 heteroatoms. The Kier molecular flexibility index (Phi) is 6.62. The van der Waals surface area contributed by atoms with Gasteiger partial charge in [-0.3, -0.25) is 10.1 Å². The number of urea groups is 1. The number of carbonyl (C=O) groups excluding carboxylic acids is 2. The average molecular weight is 333 g/mol. The maximum atomic E-state index is 11.9. The van der Waals surface area contributed by atoms with Gasteiger partial charge in [0, 0.05) is 18.3 Å². The van der Waals surface area contributed by atoms with Gasteiger partial charge in [0.25, 0.3) is 5.91 Å². The fourth-order valence-electron chi connectivity index (χ4n) is 2.67. The highest BCUT2D eigenvalue weighted by atomic mass is 16.5. The monoisotopic (exact) mass is 333 g/mol. The lowest BCUT2D eigenvalue weighted by molar-refractivity contribution is -0.892. The van der Waals surface area contributed by atoms with Crippen LogP contribution in [0.1, 0.15) is 0 Å². The Morgan fingerprint density at radius 1 is 1.38 bits per heavy atom. The van der Waals surface area contributed by atoms with Crippen LogP contribution in [0.25, 0.3) is 0 Å². The largest absolute Gasteiger partial charge is 0.497 e. The minimum Gasteiger partial charge on any atom is -0.497 e. The molecule has 3 amide bonds. The molecule has 1 aliphatic rings. The van der Waals surface area contributed by atoms with E-state index in [2.05, 4.69) is 28.2 Å². The van der Waals surface area contributed by atoms with Crippen LogP contribution in [0, 0.1) is 0 Å². The zero-order valence-corrected chi connectivity index (χ0v) is 14.0. The molecule has 2 rings (SSSR count). The van der Waals surface area contributed by atoms with Crippen LogP contribution in [0.15, 0.2) is 36.9 Å². The molecule has 24 heavy (non-hydrogen) atoms. The van der Waals surface area contributed by atoms with E-state index in [4.69, 9.17) is 4.74 Å². The van der Waals surface area contributed by atoms with E-state index in [1.165, 1.54) is 4.90 Å². The number of anilines is 1. The van der Waals surface area contributed by atoms with Gasteiger partial charge in [0.15, 0.2) is 6.54 Å². The highest BCUT2D eigenvalue weighted by Gasteiger charge is 2.23. The highest BCUT2D eigenvalue weighted by molar-refractivity contribution is 5.94. The third kappa shape index (κ3) is 5.27. The van der Waals surface area contributed by atoms with E-state index in [1.807, 2.05) is 18.2 Å². The molecule has 0 aromatic heterocycles. The van der Waals surface area contributed by atoms with Gasteiger partial charge in [-0.05, 0) is 12.1 Å². The molecule has 3 N–H and O–H groups in total. The van der Waals surface area contributed by atoms with Crippen LogP contribution >= 0.6 is 0 Å². The standard InChI is InChI=1S/C17H24N4O3/c1-3-7-18-17(23)19-16(22)13-20-8-10-21(11-9-20)14-5-4-6-15(12-14)24-2/h3-6,12H,1,7-11,13H2,2H3,(H2,18,19,22,23)/p+1. The van der Waals surface area contributed by atoms with Crippen molar-refractivity contribution in [3.05, 3.63) is 36.9 Å². The molecular weight excluding hydrogens is 308 g/mol. The second kappa shape index (κ2) is 8.93. The number of carbonyl (C=O) groups is 2. The first-order valence-corrected chi connectivity index (χ1v) is 8.03. The number of ether oxygens (including phenoxy) is 1. The summed E-state index contributed by atoms with van der Waals surface area (Å²) in [5.74, 6) is 0.577. The molecule has 0 unspecified atom stereocenters. The van der Waals surface area contributed by atoms with Crippen LogP contribution in [-0.4, -0.2) is 58.3 Å². The summed E-state index contributed by atoms with van der Waals surface area (Å²) in [5.41, 5.74) is 1.13. The number of methoxy groups -OCH3 is 1. The molecule has 1 fully saturated rings. The molecule has 0 saturated carbocycles. The minimum absolute atomic E-state index is 0.263. The van der Waals surface area contributed by atoms with E-state index in [-0.39, 0.29) is 5.91 Å². The van der Waals surface area contributed by atoms with Crippen LogP contribution in [-0.2, 0) is 4.79 Å². The first kappa shape index (κ1) is 17.8. The van der Waals surface area contributed by atoms with Crippen molar-refractivity contribution < 1.29 is 19.2 Å². The van der Waals surface area contributed by atoms with Crippen molar-refractivity contribution in [1.82, 2.24) is 10.6 Å². The van der Waals surface area contributed by atoms with Gasteiger partial charge in [0.05, 0.1) is 33.3 Å². The summed E-state index contributed by atoms with van der Waals surface area (Å²) < 4.78 is 5.26. The second-order valence-electron chi connectivity index (χ2n) is 5.66. The molecule has 0 spiro atoms. The van der Waals surface area contributed by atoms with Gasteiger partial charge < -0.3 is 19.9 Å². The number of rotatable bonds is 6. The molecule has 1 aromatic carbocycles. The van der Waals surface area contributed by atoms with Crippen LogP contribution in [0.2, 0.25) is 0 Å². The number of piperazine rings is 1. The molecule has 0 radical (unpaired) electrons. The summed E-state index contributed by atoms with van der Waals surface area (Å²) in [6.45, 7) is 7.55. The number of hydrogen-bond donors (Lipinski definition) is 3. The van der Waals surface area contributed by atoms with E-state index < -0.39 is 6.03 Å². The number of hydrogen-bond acceptors (Lipinski definition) is 4. The Hall–Kier alpha value is -2.54. The predicted molar refractivity (Wildman–Crippen MR) is 92.5 cm³/mol. The normalized spacial score (nSPS) is 14.8. The maximum Gasteiger partial charge on any atom is 0.321 e. The second-order valence-corrected chi connectivity index (χ2v) is 5.66. The summed E-state index contributed by atoms with van der Waals surface area (Å²) in [4.78, 5) is 26.8. The van der Waals surface area contributed by atoms with Gasteiger partial charge in [0.2, 0.25) is 0 Å². The van der Waals surface area contributed by atoms with Crippen molar-refractivity contribution in [3.63, 3.8) is 0 Å². The first-order valence-electron chi connectivity index (χ1n) is 8.03. The number of imide groups is 1. The molecular formula is C17H25N4O3+. The van der Waals surface area contributed by atoms with Gasteiger partial charge in [-0.2, -0.15) is 0 Å². The number of quaternary nitrogens is 1. The topological polar surface area (TPSA) is 75.1 Å². The van der Waals surface area contributed by atoms with Crippen LogP contribution in [0.4, 0.5) is 10.5 Å². The third-order valence-corrected chi connectivity index (χ3v) is 3.96. The minimum atomic E-state index is -0.477. The molecule has 130 valence electrons. The van der Waals surface area contributed by atoms with Crippen molar-refractivity contribution >= 4 is 17.6 Å². The number of benzene rings is 1. The van der Waals surface area contributed by atoms with Gasteiger partial charge in [-0.15, -0.1) is 6.58 Å². The summed E-state index contributed by atoms with van der Waals surface area (Å²) in [7, 11) is 1.66. The summed E-state index contributed by atoms with van der Waals surface area (Å²) in [6.07, 6.45) is 1.56. The lowest BCUT2D eigenvalue weighted by atomic mass is 10.2. The van der Waals surface area contributed by atoms with Crippen molar-refractivity contribution in [2.75, 3.05) is 51.3 Å². The fourth-order valence-corrected chi connectivity index (χ4v) is 2.67. The first-order chi connectivity index (χ1) is 11.6. The Morgan fingerprint density at radius 3 is 2.79 bits per heavy atom. The molecule has 0 aliphatic carbocycles. The smallest absolute Gasteiger partial charge is 0.321 e. The molecule has 1 heterocycles. The SMILES string of the molecule is C=CCNC(=O)NC(=O)C[NH+]1CCN(c2cccc(OC)c2)CC1. The zero-order chi connectivity index (χ0) is 17.4. The van der Waals surface area contributed by atoms with Crippen LogP contribution < -0.4 is 25.2 Å². The van der Waals surface area contributed by atoms with Crippen molar-refractivity contribution in [2.24, 2.45) is 0 Å². The number of nitrogens with one attached hydrogen (secondary N) is 3. The van der Waals surface area contributed by atoms with Crippen molar-refractivity contribution in [2.45, 2.75) is 0 Å². The number of nitrogens with zero attached hydrogens (tertiary/aromatic N) is 1.